The van der Waals surface area contributed by atoms with Crippen molar-refractivity contribution in [3.63, 3.8) is 0 Å². The molecule has 1 aliphatic rings. The number of carbonyl (C=O) groups is 1. The molecule has 0 saturated heterocycles. The molecular formula is C19H15Cl2N3O3. The van der Waals surface area contributed by atoms with E-state index in [1.165, 1.54) is 0 Å². The number of nitrogens with one attached hydrogen (secondary N) is 1. The zero-order chi connectivity index (χ0) is 18.8. The molecule has 0 spiro atoms. The van der Waals surface area contributed by atoms with Crippen LogP contribution in [0.5, 0.6) is 11.5 Å². The highest BCUT2D eigenvalue weighted by molar-refractivity contribution is 6.33. The number of aromatic nitrogens is 2. The van der Waals surface area contributed by atoms with E-state index < -0.39 is 0 Å². The molecule has 27 heavy (non-hydrogen) atoms. The molecule has 0 fully saturated rings. The molecule has 8 heteroatoms. The molecule has 3 aromatic rings. The first-order valence-corrected chi connectivity index (χ1v) is 9.02. The summed E-state index contributed by atoms with van der Waals surface area (Å²) in [6.07, 6.45) is 1.63. The zero-order valence-electron chi connectivity index (χ0n) is 14.1. The molecule has 1 aliphatic heterocycles. The lowest BCUT2D eigenvalue weighted by atomic mass is 10.1. The molecule has 6 nitrogen and oxygen atoms in total. The third-order valence-corrected chi connectivity index (χ3v) is 4.60. The Kier molecular flexibility index (Phi) is 4.92. The lowest BCUT2D eigenvalue weighted by Gasteiger charge is -2.20. The van der Waals surface area contributed by atoms with Crippen molar-refractivity contribution in [3.8, 4) is 11.5 Å². The van der Waals surface area contributed by atoms with Crippen molar-refractivity contribution in [2.75, 3.05) is 18.5 Å². The fraction of sp³-hybridized carbons (Fsp3) is 0.158. The Morgan fingerprint density at radius 3 is 2.70 bits per heavy atom. The average Bonchev–Trinajstić information content (AvgIpc) is 3.10. The van der Waals surface area contributed by atoms with Crippen molar-refractivity contribution < 1.29 is 14.3 Å². The Morgan fingerprint density at radius 1 is 1.11 bits per heavy atom. The number of amides is 1. The number of ether oxygens (including phenoxy) is 2. The fourth-order valence-corrected chi connectivity index (χ4v) is 3.15. The number of hydrogen-bond acceptors (Lipinski definition) is 4. The third kappa shape index (κ3) is 3.86. The summed E-state index contributed by atoms with van der Waals surface area (Å²) in [6.45, 7) is 1.35. The van der Waals surface area contributed by atoms with Gasteiger partial charge in [0.1, 0.15) is 19.0 Å². The number of benzene rings is 2. The number of carbonyl (C=O) groups excluding carboxylic acids is 1. The van der Waals surface area contributed by atoms with Crippen molar-refractivity contribution in [3.05, 3.63) is 69.8 Å². The molecule has 0 bridgehead atoms. The maximum atomic E-state index is 12.7. The number of halogens is 2. The van der Waals surface area contributed by atoms with Crippen LogP contribution in [0.1, 0.15) is 15.9 Å². The van der Waals surface area contributed by atoms with Crippen molar-refractivity contribution in [2.45, 2.75) is 6.54 Å². The maximum Gasteiger partial charge on any atom is 0.257 e. The van der Waals surface area contributed by atoms with E-state index >= 15 is 0 Å². The Morgan fingerprint density at radius 2 is 1.89 bits per heavy atom. The van der Waals surface area contributed by atoms with E-state index in [1.54, 1.807) is 29.1 Å². The molecule has 138 valence electrons. The zero-order valence-corrected chi connectivity index (χ0v) is 15.6. The van der Waals surface area contributed by atoms with E-state index in [-0.39, 0.29) is 5.91 Å². The van der Waals surface area contributed by atoms with Gasteiger partial charge in [0.25, 0.3) is 5.91 Å². The number of anilines is 1. The first kappa shape index (κ1) is 17.7. The van der Waals surface area contributed by atoms with Crippen LogP contribution >= 0.6 is 23.2 Å². The largest absolute Gasteiger partial charge is 0.486 e. The summed E-state index contributed by atoms with van der Waals surface area (Å²) in [7, 11) is 0. The monoisotopic (exact) mass is 403 g/mol. The van der Waals surface area contributed by atoms with Crippen LogP contribution in [0.15, 0.2) is 48.7 Å². The predicted molar refractivity (Wildman–Crippen MR) is 103 cm³/mol. The Bertz CT molecular complexity index is 986. The van der Waals surface area contributed by atoms with Crippen LogP contribution in [0.4, 0.5) is 5.82 Å². The van der Waals surface area contributed by atoms with Crippen molar-refractivity contribution in [1.82, 2.24) is 9.78 Å². The molecule has 0 unspecified atom stereocenters. The molecule has 1 amide bonds. The van der Waals surface area contributed by atoms with Crippen LogP contribution in [0.3, 0.4) is 0 Å². The number of hydrogen-bond donors (Lipinski definition) is 1. The SMILES string of the molecule is O=C(Nc1ccnn1Cc1ccc(Cl)cc1)c1cc(Cl)c2c(c1)OCCO2. The smallest absolute Gasteiger partial charge is 0.257 e. The van der Waals surface area contributed by atoms with E-state index in [0.29, 0.717) is 52.7 Å². The van der Waals surface area contributed by atoms with Gasteiger partial charge in [-0.1, -0.05) is 35.3 Å². The fourth-order valence-electron chi connectivity index (χ4n) is 2.76. The van der Waals surface area contributed by atoms with Crippen molar-refractivity contribution >= 4 is 34.9 Å². The standard InChI is InChI=1S/C19H15Cl2N3O3/c20-14-3-1-12(2-4-14)11-24-17(5-6-22-24)23-19(25)13-9-15(21)18-16(10-13)26-7-8-27-18/h1-6,9-10H,7-8,11H2,(H,23,25). The van der Waals surface area contributed by atoms with Gasteiger partial charge in [0, 0.05) is 16.7 Å². The molecule has 0 aliphatic carbocycles. The van der Waals surface area contributed by atoms with Gasteiger partial charge in [0.2, 0.25) is 0 Å². The van der Waals surface area contributed by atoms with E-state index in [1.807, 2.05) is 24.3 Å². The quantitative estimate of drug-likeness (QED) is 0.706. The predicted octanol–water partition coefficient (Wildman–Crippen LogP) is 4.26. The number of rotatable bonds is 4. The number of nitrogens with zero attached hydrogens (tertiary/aromatic N) is 2. The molecule has 1 N–H and O–H groups in total. The third-order valence-electron chi connectivity index (χ3n) is 4.06. The average molecular weight is 404 g/mol. The van der Waals surface area contributed by atoms with Crippen LogP contribution in [-0.2, 0) is 6.54 Å². The first-order chi connectivity index (χ1) is 13.1. The van der Waals surface area contributed by atoms with Gasteiger partial charge in [0.05, 0.1) is 17.8 Å². The highest BCUT2D eigenvalue weighted by Gasteiger charge is 2.20. The summed E-state index contributed by atoms with van der Waals surface area (Å²) in [6, 6.07) is 12.4. The van der Waals surface area contributed by atoms with E-state index in [9.17, 15) is 4.79 Å². The minimum absolute atomic E-state index is 0.313. The van der Waals surface area contributed by atoms with Gasteiger partial charge in [-0.05, 0) is 29.8 Å². The van der Waals surface area contributed by atoms with Crippen LogP contribution in [0, 0.1) is 0 Å². The van der Waals surface area contributed by atoms with Gasteiger partial charge in [-0.15, -0.1) is 0 Å². The second-order valence-corrected chi connectivity index (χ2v) is 6.78. The van der Waals surface area contributed by atoms with Crippen LogP contribution in [0.2, 0.25) is 10.0 Å². The summed E-state index contributed by atoms with van der Waals surface area (Å²) >= 11 is 12.1. The molecule has 0 atom stereocenters. The Labute approximate surface area is 165 Å². The van der Waals surface area contributed by atoms with Gasteiger partial charge >= 0.3 is 0 Å². The van der Waals surface area contributed by atoms with Crippen LogP contribution < -0.4 is 14.8 Å². The maximum absolute atomic E-state index is 12.7. The minimum Gasteiger partial charge on any atom is -0.486 e. The molecule has 2 aromatic carbocycles. The normalized spacial score (nSPS) is 12.7. The van der Waals surface area contributed by atoms with Gasteiger partial charge in [-0.2, -0.15) is 5.10 Å². The second-order valence-electron chi connectivity index (χ2n) is 5.94. The highest BCUT2D eigenvalue weighted by atomic mass is 35.5. The first-order valence-electron chi connectivity index (χ1n) is 8.27. The summed E-state index contributed by atoms with van der Waals surface area (Å²) in [4.78, 5) is 12.7. The lowest BCUT2D eigenvalue weighted by Crippen LogP contribution is -2.19. The van der Waals surface area contributed by atoms with Crippen LogP contribution in [0.25, 0.3) is 0 Å². The van der Waals surface area contributed by atoms with Crippen LogP contribution in [-0.4, -0.2) is 28.9 Å². The molecule has 1 aromatic heterocycles. The van der Waals surface area contributed by atoms with Gasteiger partial charge in [-0.25, -0.2) is 4.68 Å². The Hall–Kier alpha value is -2.70. The molecular weight excluding hydrogens is 389 g/mol. The topological polar surface area (TPSA) is 65.4 Å². The van der Waals surface area contributed by atoms with E-state index in [2.05, 4.69) is 10.4 Å². The van der Waals surface area contributed by atoms with Gasteiger partial charge < -0.3 is 14.8 Å². The molecule has 2 heterocycles. The lowest BCUT2D eigenvalue weighted by molar-refractivity contribution is 0.102. The second kappa shape index (κ2) is 7.50. The van der Waals surface area contributed by atoms with Gasteiger partial charge in [0.15, 0.2) is 11.5 Å². The van der Waals surface area contributed by atoms with Crippen molar-refractivity contribution in [1.29, 1.82) is 0 Å². The molecule has 0 radical (unpaired) electrons. The molecule has 0 saturated carbocycles. The van der Waals surface area contributed by atoms with E-state index in [0.717, 1.165) is 5.56 Å². The highest BCUT2D eigenvalue weighted by Crippen LogP contribution is 2.38. The minimum atomic E-state index is -0.313. The number of fused-ring (bicyclic) bond motifs is 1. The van der Waals surface area contributed by atoms with E-state index in [4.69, 9.17) is 32.7 Å². The summed E-state index contributed by atoms with van der Waals surface area (Å²) < 4.78 is 12.7. The van der Waals surface area contributed by atoms with Gasteiger partial charge in [-0.3, -0.25) is 4.79 Å². The van der Waals surface area contributed by atoms with Crippen molar-refractivity contribution in [2.24, 2.45) is 0 Å². The summed E-state index contributed by atoms with van der Waals surface area (Å²) in [5.74, 6) is 1.19. The Balaban J connectivity index is 1.53. The summed E-state index contributed by atoms with van der Waals surface area (Å²) in [5, 5.41) is 8.13. The summed E-state index contributed by atoms with van der Waals surface area (Å²) in [5.41, 5.74) is 1.39. The molecule has 4 rings (SSSR count).